The van der Waals surface area contributed by atoms with Crippen LogP contribution in [-0.2, 0) is 29.1 Å². The Hall–Kier alpha value is -2.70. The van der Waals surface area contributed by atoms with Gasteiger partial charge in [-0.3, -0.25) is 14.5 Å². The molecule has 1 saturated heterocycles. The highest BCUT2D eigenvalue weighted by atomic mass is 16.3. The lowest BCUT2D eigenvalue weighted by Crippen LogP contribution is -2.43. The van der Waals surface area contributed by atoms with Crippen molar-refractivity contribution in [3.63, 3.8) is 0 Å². The van der Waals surface area contributed by atoms with E-state index in [1.807, 2.05) is 42.5 Å². The second-order valence-corrected chi connectivity index (χ2v) is 8.10. The van der Waals surface area contributed by atoms with E-state index < -0.39 is 0 Å². The Balaban J connectivity index is 1.38. The predicted molar refractivity (Wildman–Crippen MR) is 116 cm³/mol. The molecule has 0 bridgehead atoms. The van der Waals surface area contributed by atoms with E-state index in [0.717, 1.165) is 54.7 Å². The summed E-state index contributed by atoms with van der Waals surface area (Å²) in [6, 6.07) is 16.1. The fourth-order valence-electron chi connectivity index (χ4n) is 4.48. The molecule has 0 aliphatic carbocycles. The van der Waals surface area contributed by atoms with Crippen LogP contribution in [0.4, 0.5) is 5.69 Å². The number of aliphatic hydroxyl groups excluding tert-OH is 1. The number of rotatable bonds is 7. The minimum Gasteiger partial charge on any atom is -0.395 e. The van der Waals surface area contributed by atoms with E-state index in [1.54, 1.807) is 4.90 Å². The molecular weight excluding hydrogens is 378 g/mol. The van der Waals surface area contributed by atoms with Crippen LogP contribution in [-0.4, -0.2) is 47.6 Å². The van der Waals surface area contributed by atoms with Crippen molar-refractivity contribution in [1.29, 1.82) is 0 Å². The molecule has 2 N–H and O–H groups in total. The number of anilines is 1. The molecule has 1 fully saturated rings. The molecule has 0 saturated carbocycles. The van der Waals surface area contributed by atoms with Crippen molar-refractivity contribution >= 4 is 17.5 Å². The van der Waals surface area contributed by atoms with Crippen molar-refractivity contribution in [2.24, 2.45) is 0 Å². The predicted octanol–water partition coefficient (Wildman–Crippen LogP) is 2.24. The Bertz CT molecular complexity index is 914. The zero-order valence-corrected chi connectivity index (χ0v) is 17.2. The molecule has 2 aromatic rings. The third kappa shape index (κ3) is 4.55. The van der Waals surface area contributed by atoms with Crippen LogP contribution in [0.3, 0.4) is 0 Å². The highest BCUT2D eigenvalue weighted by molar-refractivity contribution is 6.00. The van der Waals surface area contributed by atoms with Gasteiger partial charge in [0.2, 0.25) is 11.8 Å². The zero-order valence-electron chi connectivity index (χ0n) is 17.2. The smallest absolute Gasteiger partial charge is 0.240 e. The summed E-state index contributed by atoms with van der Waals surface area (Å²) in [5.41, 5.74) is 4.19. The fraction of sp³-hybridized carbons (Fsp3) is 0.417. The summed E-state index contributed by atoms with van der Waals surface area (Å²) in [5.74, 6) is -0.169. The number of hydrogen-bond donors (Lipinski definition) is 2. The number of carbonyl (C=O) groups excluding carboxylic acids is 2. The van der Waals surface area contributed by atoms with Gasteiger partial charge >= 0.3 is 0 Å². The largest absolute Gasteiger partial charge is 0.395 e. The first-order valence-electron chi connectivity index (χ1n) is 10.7. The first-order chi connectivity index (χ1) is 14.7. The second kappa shape index (κ2) is 9.41. The summed E-state index contributed by atoms with van der Waals surface area (Å²) in [5, 5.41) is 12.6. The van der Waals surface area contributed by atoms with Gasteiger partial charge in [0, 0.05) is 31.2 Å². The Morgan fingerprint density at radius 2 is 1.83 bits per heavy atom. The summed E-state index contributed by atoms with van der Waals surface area (Å²) in [6.45, 7) is 2.41. The Morgan fingerprint density at radius 1 is 1.07 bits per heavy atom. The van der Waals surface area contributed by atoms with E-state index in [0.29, 0.717) is 13.0 Å². The Kier molecular flexibility index (Phi) is 6.45. The van der Waals surface area contributed by atoms with Gasteiger partial charge in [0.1, 0.15) is 6.54 Å². The minimum atomic E-state index is -0.163. The van der Waals surface area contributed by atoms with Crippen molar-refractivity contribution in [2.45, 2.75) is 44.8 Å². The van der Waals surface area contributed by atoms with E-state index in [9.17, 15) is 14.7 Å². The SMILES string of the molecule is O=C(CN1C(=O)CCc2ccccc21)NCc1ccccc1CN1CCCC1CO. The van der Waals surface area contributed by atoms with Crippen molar-refractivity contribution in [1.82, 2.24) is 10.2 Å². The van der Waals surface area contributed by atoms with Crippen LogP contribution in [0.25, 0.3) is 0 Å². The molecule has 2 aromatic carbocycles. The molecule has 1 unspecified atom stereocenters. The fourth-order valence-corrected chi connectivity index (χ4v) is 4.48. The molecular formula is C24H29N3O3. The van der Waals surface area contributed by atoms with Crippen LogP contribution in [0.5, 0.6) is 0 Å². The Morgan fingerprint density at radius 3 is 2.67 bits per heavy atom. The number of aliphatic hydroxyl groups is 1. The molecule has 2 aliphatic heterocycles. The molecule has 158 valence electrons. The van der Waals surface area contributed by atoms with Crippen molar-refractivity contribution in [3.8, 4) is 0 Å². The van der Waals surface area contributed by atoms with Crippen LogP contribution >= 0.6 is 0 Å². The maximum absolute atomic E-state index is 12.6. The van der Waals surface area contributed by atoms with Gasteiger partial charge in [0.05, 0.1) is 6.61 Å². The van der Waals surface area contributed by atoms with E-state index >= 15 is 0 Å². The highest BCUT2D eigenvalue weighted by Gasteiger charge is 2.26. The van der Waals surface area contributed by atoms with E-state index in [-0.39, 0.29) is 31.0 Å². The average molecular weight is 408 g/mol. The summed E-state index contributed by atoms with van der Waals surface area (Å²) < 4.78 is 0. The number of hydrogen-bond acceptors (Lipinski definition) is 4. The lowest BCUT2D eigenvalue weighted by Gasteiger charge is -2.29. The normalized spacial score (nSPS) is 19.0. The minimum absolute atomic E-state index is 0.00618. The number of likely N-dealkylation sites (tertiary alicyclic amines) is 1. The molecule has 2 amide bonds. The number of amides is 2. The number of fused-ring (bicyclic) bond motifs is 1. The van der Waals surface area contributed by atoms with E-state index in [2.05, 4.69) is 16.3 Å². The summed E-state index contributed by atoms with van der Waals surface area (Å²) in [7, 11) is 0. The monoisotopic (exact) mass is 407 g/mol. The van der Waals surface area contributed by atoms with Crippen LogP contribution in [0.2, 0.25) is 0 Å². The lowest BCUT2D eigenvalue weighted by atomic mass is 10.0. The van der Waals surface area contributed by atoms with Gasteiger partial charge in [0.15, 0.2) is 0 Å². The standard InChI is InChI=1S/C24H29N3O3/c28-17-21-9-5-13-26(21)15-20-8-2-1-7-19(20)14-25-23(29)16-27-22-10-4-3-6-18(22)11-12-24(27)30/h1-4,6-8,10,21,28H,5,9,11-17H2,(H,25,29). The van der Waals surface area contributed by atoms with Gasteiger partial charge < -0.3 is 15.3 Å². The molecule has 0 aromatic heterocycles. The van der Waals surface area contributed by atoms with Gasteiger partial charge in [-0.15, -0.1) is 0 Å². The van der Waals surface area contributed by atoms with Crippen molar-refractivity contribution in [2.75, 3.05) is 24.6 Å². The number of aryl methyl sites for hydroxylation is 1. The lowest BCUT2D eigenvalue weighted by molar-refractivity contribution is -0.124. The molecule has 2 heterocycles. The molecule has 1 atom stereocenters. The number of carbonyl (C=O) groups is 2. The van der Waals surface area contributed by atoms with Crippen LogP contribution in [0.1, 0.15) is 36.0 Å². The highest BCUT2D eigenvalue weighted by Crippen LogP contribution is 2.27. The number of nitrogens with zero attached hydrogens (tertiary/aromatic N) is 2. The maximum Gasteiger partial charge on any atom is 0.240 e. The topological polar surface area (TPSA) is 72.9 Å². The molecule has 6 heteroatoms. The maximum atomic E-state index is 12.6. The molecule has 0 radical (unpaired) electrons. The molecule has 30 heavy (non-hydrogen) atoms. The summed E-state index contributed by atoms with van der Waals surface area (Å²) in [4.78, 5) is 28.9. The molecule has 0 spiro atoms. The number of nitrogens with one attached hydrogen (secondary N) is 1. The third-order valence-corrected chi connectivity index (χ3v) is 6.17. The van der Waals surface area contributed by atoms with Gasteiger partial charge in [-0.25, -0.2) is 0 Å². The van der Waals surface area contributed by atoms with Crippen LogP contribution < -0.4 is 10.2 Å². The molecule has 4 rings (SSSR count). The molecule has 2 aliphatic rings. The van der Waals surface area contributed by atoms with Crippen molar-refractivity contribution in [3.05, 3.63) is 65.2 Å². The van der Waals surface area contributed by atoms with Crippen molar-refractivity contribution < 1.29 is 14.7 Å². The van der Waals surface area contributed by atoms with Gasteiger partial charge in [-0.05, 0) is 48.6 Å². The average Bonchev–Trinajstić information content (AvgIpc) is 3.22. The first-order valence-corrected chi connectivity index (χ1v) is 10.7. The van der Waals surface area contributed by atoms with E-state index in [4.69, 9.17) is 0 Å². The van der Waals surface area contributed by atoms with Gasteiger partial charge in [-0.2, -0.15) is 0 Å². The van der Waals surface area contributed by atoms with E-state index in [1.165, 1.54) is 0 Å². The molecule has 6 nitrogen and oxygen atoms in total. The summed E-state index contributed by atoms with van der Waals surface area (Å²) >= 11 is 0. The van der Waals surface area contributed by atoms with Gasteiger partial charge in [0.25, 0.3) is 0 Å². The van der Waals surface area contributed by atoms with Crippen LogP contribution in [0, 0.1) is 0 Å². The number of para-hydroxylation sites is 1. The number of benzene rings is 2. The first kappa shape index (κ1) is 20.6. The Labute approximate surface area is 177 Å². The van der Waals surface area contributed by atoms with Crippen LogP contribution in [0.15, 0.2) is 48.5 Å². The quantitative estimate of drug-likeness (QED) is 0.738. The second-order valence-electron chi connectivity index (χ2n) is 8.10. The summed E-state index contributed by atoms with van der Waals surface area (Å²) in [6.07, 6.45) is 3.30. The zero-order chi connectivity index (χ0) is 20.9. The van der Waals surface area contributed by atoms with Gasteiger partial charge in [-0.1, -0.05) is 42.5 Å². The third-order valence-electron chi connectivity index (χ3n) is 6.17.